The van der Waals surface area contributed by atoms with E-state index in [1.165, 1.54) is 5.56 Å². The molecule has 0 saturated carbocycles. The van der Waals surface area contributed by atoms with Gasteiger partial charge in [0.15, 0.2) is 0 Å². The fourth-order valence-electron chi connectivity index (χ4n) is 2.38. The van der Waals surface area contributed by atoms with Gasteiger partial charge in [0.05, 0.1) is 30.3 Å². The van der Waals surface area contributed by atoms with E-state index in [1.807, 2.05) is 0 Å². The number of nitrogens with one attached hydrogen (secondary N) is 2. The molecule has 2 heterocycles. The fourth-order valence-corrected chi connectivity index (χ4v) is 2.38. The largest absolute Gasteiger partial charge is 0.378 e. The molecule has 0 spiro atoms. The van der Waals surface area contributed by atoms with E-state index in [9.17, 15) is 0 Å². The van der Waals surface area contributed by atoms with Gasteiger partial charge >= 0.3 is 0 Å². The maximum Gasteiger partial charge on any atom is 0.112 e. The Morgan fingerprint density at radius 1 is 1.32 bits per heavy atom. The van der Waals surface area contributed by atoms with Crippen molar-refractivity contribution >= 4 is 11.0 Å². The summed E-state index contributed by atoms with van der Waals surface area (Å²) in [6.45, 7) is 8.97. The Bertz CT molecular complexity index is 577. The maximum absolute atomic E-state index is 5.52. The zero-order chi connectivity index (χ0) is 13.5. The van der Waals surface area contributed by atoms with Crippen LogP contribution < -0.4 is 5.32 Å². The molecule has 1 aromatic heterocycles. The number of ether oxygens (including phenoxy) is 1. The molecule has 1 saturated heterocycles. The third kappa shape index (κ3) is 2.51. The molecule has 1 unspecified atom stereocenters. The summed E-state index contributed by atoms with van der Waals surface area (Å²) >= 11 is 0. The normalized spacial score (nSPS) is 20.9. The molecule has 4 nitrogen and oxygen atoms in total. The molecule has 4 heteroatoms. The van der Waals surface area contributed by atoms with Gasteiger partial charge in [-0.25, -0.2) is 4.98 Å². The highest BCUT2D eigenvalue weighted by atomic mass is 16.5. The van der Waals surface area contributed by atoms with Crippen molar-refractivity contribution in [1.82, 2.24) is 15.3 Å². The lowest BCUT2D eigenvalue weighted by Gasteiger charge is -2.24. The van der Waals surface area contributed by atoms with E-state index in [-0.39, 0.29) is 5.41 Å². The van der Waals surface area contributed by atoms with E-state index in [2.05, 4.69) is 54.3 Å². The summed E-state index contributed by atoms with van der Waals surface area (Å²) in [6.07, 6.45) is 0. The van der Waals surface area contributed by atoms with Crippen molar-refractivity contribution in [2.24, 2.45) is 0 Å². The number of imidazole rings is 1. The quantitative estimate of drug-likeness (QED) is 0.827. The third-order valence-electron chi connectivity index (χ3n) is 3.54. The van der Waals surface area contributed by atoms with E-state index >= 15 is 0 Å². The van der Waals surface area contributed by atoms with Gasteiger partial charge in [-0.05, 0) is 17.7 Å². The van der Waals surface area contributed by atoms with Gasteiger partial charge in [0.2, 0.25) is 0 Å². The first-order chi connectivity index (χ1) is 9.04. The van der Waals surface area contributed by atoms with Crippen molar-refractivity contribution in [2.45, 2.75) is 32.2 Å². The molecule has 0 radical (unpaired) electrons. The fraction of sp³-hybridized carbons (Fsp3) is 0.533. The van der Waals surface area contributed by atoms with Gasteiger partial charge < -0.3 is 15.0 Å². The van der Waals surface area contributed by atoms with Crippen LogP contribution >= 0.6 is 0 Å². The molecule has 19 heavy (non-hydrogen) atoms. The topological polar surface area (TPSA) is 49.9 Å². The number of morpholine rings is 1. The summed E-state index contributed by atoms with van der Waals surface area (Å²) in [5.41, 5.74) is 3.45. The van der Waals surface area contributed by atoms with Crippen molar-refractivity contribution in [3.05, 3.63) is 29.6 Å². The molecule has 1 aromatic carbocycles. The van der Waals surface area contributed by atoms with Gasteiger partial charge in [-0.1, -0.05) is 26.8 Å². The maximum atomic E-state index is 5.52. The minimum Gasteiger partial charge on any atom is -0.378 e. The Hall–Kier alpha value is -1.39. The Morgan fingerprint density at radius 3 is 2.84 bits per heavy atom. The Morgan fingerprint density at radius 2 is 2.16 bits per heavy atom. The number of hydrogen-bond acceptors (Lipinski definition) is 3. The van der Waals surface area contributed by atoms with Crippen LogP contribution in [0.1, 0.15) is 38.2 Å². The monoisotopic (exact) mass is 259 g/mol. The summed E-state index contributed by atoms with van der Waals surface area (Å²) in [5.74, 6) is 1.03. The minimum absolute atomic E-state index is 0.0470. The molecular weight excluding hydrogens is 238 g/mol. The van der Waals surface area contributed by atoms with Gasteiger partial charge in [-0.15, -0.1) is 0 Å². The molecule has 2 aromatic rings. The van der Waals surface area contributed by atoms with Crippen LogP contribution in [0, 0.1) is 0 Å². The third-order valence-corrected chi connectivity index (χ3v) is 3.54. The van der Waals surface area contributed by atoms with Crippen molar-refractivity contribution in [3.63, 3.8) is 0 Å². The van der Waals surface area contributed by atoms with E-state index in [4.69, 9.17) is 4.74 Å². The number of hydrogen-bond donors (Lipinski definition) is 2. The zero-order valence-electron chi connectivity index (χ0n) is 11.8. The number of nitrogens with zero attached hydrogens (tertiary/aromatic N) is 1. The van der Waals surface area contributed by atoms with Crippen LogP contribution in [-0.4, -0.2) is 29.7 Å². The van der Waals surface area contributed by atoms with Gasteiger partial charge in [0.25, 0.3) is 0 Å². The Balaban J connectivity index is 1.96. The van der Waals surface area contributed by atoms with Gasteiger partial charge in [0.1, 0.15) is 5.82 Å². The van der Waals surface area contributed by atoms with Crippen molar-refractivity contribution in [2.75, 3.05) is 19.8 Å². The molecule has 3 rings (SSSR count). The van der Waals surface area contributed by atoms with Gasteiger partial charge in [0, 0.05) is 12.0 Å². The second-order valence-corrected chi connectivity index (χ2v) is 6.19. The lowest BCUT2D eigenvalue weighted by atomic mass is 9.96. The predicted molar refractivity (Wildman–Crippen MR) is 76.4 cm³/mol. The zero-order valence-corrected chi connectivity index (χ0v) is 11.8. The molecule has 1 atom stereocenters. The van der Waals surface area contributed by atoms with Crippen LogP contribution in [0.3, 0.4) is 0 Å². The summed E-state index contributed by atoms with van der Waals surface area (Å²) in [5, 5.41) is 3.48. The number of fused-ring (bicyclic) bond motifs is 1. The van der Waals surface area contributed by atoms with Crippen LogP contribution in [0.4, 0.5) is 0 Å². The van der Waals surface area contributed by atoms with E-state index in [0.29, 0.717) is 6.04 Å². The predicted octanol–water partition coefficient (Wildman–Crippen LogP) is 2.52. The number of aromatic amines is 1. The smallest absolute Gasteiger partial charge is 0.112 e. The van der Waals surface area contributed by atoms with Crippen LogP contribution in [0.2, 0.25) is 0 Å². The molecule has 1 aliphatic heterocycles. The minimum atomic E-state index is 0.0470. The summed E-state index contributed by atoms with van der Waals surface area (Å²) < 4.78 is 5.52. The van der Waals surface area contributed by atoms with Crippen LogP contribution in [0.15, 0.2) is 18.2 Å². The van der Waals surface area contributed by atoms with Crippen LogP contribution in [0.5, 0.6) is 0 Å². The van der Waals surface area contributed by atoms with E-state index in [1.54, 1.807) is 0 Å². The number of H-pyrrole nitrogens is 1. The number of aromatic nitrogens is 2. The highest BCUT2D eigenvalue weighted by Crippen LogP contribution is 2.25. The van der Waals surface area contributed by atoms with Crippen LogP contribution in [-0.2, 0) is 10.2 Å². The Labute approximate surface area is 113 Å². The highest BCUT2D eigenvalue weighted by molar-refractivity contribution is 5.76. The highest BCUT2D eigenvalue weighted by Gasteiger charge is 2.20. The van der Waals surface area contributed by atoms with E-state index in [0.717, 1.165) is 36.6 Å². The van der Waals surface area contributed by atoms with Crippen LogP contribution in [0.25, 0.3) is 11.0 Å². The molecule has 0 aliphatic carbocycles. The average Bonchev–Trinajstić information content (AvgIpc) is 2.82. The first-order valence-corrected chi connectivity index (χ1v) is 6.85. The van der Waals surface area contributed by atoms with Gasteiger partial charge in [-0.2, -0.15) is 0 Å². The summed E-state index contributed by atoms with van der Waals surface area (Å²) in [7, 11) is 0. The van der Waals surface area contributed by atoms with Gasteiger partial charge in [-0.3, -0.25) is 0 Å². The first-order valence-electron chi connectivity index (χ1n) is 6.85. The molecule has 1 aliphatic rings. The Kier molecular flexibility index (Phi) is 3.07. The SMILES string of the molecule is CC(C)(C)c1nc2ccc(C3COCCN3)cc2[nH]1. The molecule has 1 fully saturated rings. The number of rotatable bonds is 1. The molecule has 0 bridgehead atoms. The molecule has 0 amide bonds. The second-order valence-electron chi connectivity index (χ2n) is 6.19. The van der Waals surface area contributed by atoms with E-state index < -0.39 is 0 Å². The average molecular weight is 259 g/mol. The first kappa shape index (κ1) is 12.6. The molecule has 102 valence electrons. The van der Waals surface area contributed by atoms with Crippen molar-refractivity contribution in [1.29, 1.82) is 0 Å². The van der Waals surface area contributed by atoms with Crippen molar-refractivity contribution < 1.29 is 4.74 Å². The summed E-state index contributed by atoms with van der Waals surface area (Å²) in [6, 6.07) is 6.71. The lowest BCUT2D eigenvalue weighted by molar-refractivity contribution is 0.0769. The standard InChI is InChI=1S/C15H21N3O/c1-15(2,3)14-17-11-5-4-10(8-12(11)18-14)13-9-19-7-6-16-13/h4-5,8,13,16H,6-7,9H2,1-3H3,(H,17,18). The molecule has 2 N–H and O–H groups in total. The second kappa shape index (κ2) is 4.62. The summed E-state index contributed by atoms with van der Waals surface area (Å²) in [4.78, 5) is 8.10. The number of benzene rings is 1. The molecular formula is C15H21N3O. The van der Waals surface area contributed by atoms with Crippen molar-refractivity contribution in [3.8, 4) is 0 Å². The lowest BCUT2D eigenvalue weighted by Crippen LogP contribution is -2.34.